The number of aliphatic hydroxyl groups excluding tert-OH is 1. The molecule has 1 aliphatic rings. The van der Waals surface area contributed by atoms with Crippen LogP contribution in [0.5, 0.6) is 0 Å². The van der Waals surface area contributed by atoms with E-state index in [4.69, 9.17) is 14.6 Å². The lowest BCUT2D eigenvalue weighted by molar-refractivity contribution is 0.0695. The van der Waals surface area contributed by atoms with Gasteiger partial charge in [-0.1, -0.05) is 0 Å². The summed E-state index contributed by atoms with van der Waals surface area (Å²) in [4.78, 5) is 15.5. The molecule has 0 saturated carbocycles. The van der Waals surface area contributed by atoms with Crippen molar-refractivity contribution >= 4 is 5.97 Å². The van der Waals surface area contributed by atoms with Crippen molar-refractivity contribution in [2.75, 3.05) is 39.3 Å². The van der Waals surface area contributed by atoms with Gasteiger partial charge in [0, 0.05) is 19.6 Å². The van der Waals surface area contributed by atoms with Crippen molar-refractivity contribution < 1.29 is 19.4 Å². The molecular formula is C14H22N2O4. The van der Waals surface area contributed by atoms with Gasteiger partial charge in [-0.2, -0.15) is 0 Å². The largest absolute Gasteiger partial charge is 0.478 e. The molecule has 1 saturated heterocycles. The van der Waals surface area contributed by atoms with E-state index in [2.05, 4.69) is 9.80 Å². The number of aliphatic hydroxyl groups is 1. The Morgan fingerprint density at radius 3 is 2.65 bits per heavy atom. The number of β-amino-alcohol motifs (C(OH)–C–C–N with tert-alkyl or cyclic N) is 1. The lowest BCUT2D eigenvalue weighted by Gasteiger charge is -2.20. The Labute approximate surface area is 118 Å². The third-order valence-corrected chi connectivity index (χ3v) is 3.68. The minimum Gasteiger partial charge on any atom is -0.478 e. The number of aryl methyl sites for hydroxylation is 1. The van der Waals surface area contributed by atoms with Crippen LogP contribution in [0.2, 0.25) is 0 Å². The van der Waals surface area contributed by atoms with Gasteiger partial charge in [-0.05, 0) is 32.5 Å². The Kier molecular flexibility index (Phi) is 5.17. The molecule has 20 heavy (non-hydrogen) atoms. The molecule has 1 aromatic rings. The maximum Gasteiger partial charge on any atom is 0.339 e. The summed E-state index contributed by atoms with van der Waals surface area (Å²) in [5, 5.41) is 18.0. The summed E-state index contributed by atoms with van der Waals surface area (Å²) in [5.41, 5.74) is 0.247. The standard InChI is InChI=1S/C14H22N2O4/c1-11-13(14(18)19)9-12(20-11)10-16-4-2-3-15(5-6-16)7-8-17/h9,17H,2-8,10H2,1H3,(H,18,19). The molecule has 0 aliphatic carbocycles. The van der Waals surface area contributed by atoms with Gasteiger partial charge < -0.3 is 14.6 Å². The molecule has 0 aromatic carbocycles. The average molecular weight is 282 g/mol. The van der Waals surface area contributed by atoms with Crippen LogP contribution in [-0.2, 0) is 6.54 Å². The molecule has 6 nitrogen and oxygen atoms in total. The van der Waals surface area contributed by atoms with Crippen molar-refractivity contribution in [3.05, 3.63) is 23.2 Å². The predicted octanol–water partition coefficient (Wildman–Crippen LogP) is 0.786. The number of hydrogen-bond acceptors (Lipinski definition) is 5. The van der Waals surface area contributed by atoms with E-state index in [0.717, 1.165) is 39.1 Å². The lowest BCUT2D eigenvalue weighted by Crippen LogP contribution is -2.32. The first kappa shape index (κ1) is 15.0. The van der Waals surface area contributed by atoms with Crippen LogP contribution < -0.4 is 0 Å². The van der Waals surface area contributed by atoms with E-state index in [0.29, 0.717) is 18.1 Å². The number of rotatable bonds is 5. The molecule has 0 amide bonds. The van der Waals surface area contributed by atoms with Gasteiger partial charge in [0.05, 0.1) is 13.2 Å². The molecule has 1 aliphatic heterocycles. The summed E-state index contributed by atoms with van der Waals surface area (Å²) in [7, 11) is 0. The highest BCUT2D eigenvalue weighted by molar-refractivity contribution is 5.88. The van der Waals surface area contributed by atoms with Crippen molar-refractivity contribution in [3.63, 3.8) is 0 Å². The first-order valence-electron chi connectivity index (χ1n) is 6.98. The summed E-state index contributed by atoms with van der Waals surface area (Å²) in [5.74, 6) is 0.224. The molecule has 0 spiro atoms. The fourth-order valence-electron chi connectivity index (χ4n) is 2.60. The smallest absolute Gasteiger partial charge is 0.339 e. The van der Waals surface area contributed by atoms with Crippen LogP contribution in [0.1, 0.15) is 28.3 Å². The van der Waals surface area contributed by atoms with Crippen molar-refractivity contribution in [1.82, 2.24) is 9.80 Å². The van der Waals surface area contributed by atoms with Crippen LogP contribution in [0.3, 0.4) is 0 Å². The second-order valence-corrected chi connectivity index (χ2v) is 5.18. The molecule has 0 atom stereocenters. The molecule has 6 heteroatoms. The molecular weight excluding hydrogens is 260 g/mol. The molecule has 1 aromatic heterocycles. The van der Waals surface area contributed by atoms with Gasteiger partial charge >= 0.3 is 5.97 Å². The van der Waals surface area contributed by atoms with E-state index in [1.165, 1.54) is 0 Å². The molecule has 1 fully saturated rings. The third-order valence-electron chi connectivity index (χ3n) is 3.68. The van der Waals surface area contributed by atoms with Crippen molar-refractivity contribution in [1.29, 1.82) is 0 Å². The highest BCUT2D eigenvalue weighted by atomic mass is 16.4. The number of carboxylic acids is 1. The van der Waals surface area contributed by atoms with Crippen LogP contribution in [0, 0.1) is 6.92 Å². The summed E-state index contributed by atoms with van der Waals surface area (Å²) in [6.07, 6.45) is 1.05. The minimum atomic E-state index is -0.942. The molecule has 112 valence electrons. The number of furan rings is 1. The molecule has 2 heterocycles. The summed E-state index contributed by atoms with van der Waals surface area (Å²) < 4.78 is 5.52. The Hall–Kier alpha value is -1.37. The minimum absolute atomic E-state index is 0.194. The second-order valence-electron chi connectivity index (χ2n) is 5.18. The third kappa shape index (κ3) is 3.82. The highest BCUT2D eigenvalue weighted by Crippen LogP contribution is 2.17. The summed E-state index contributed by atoms with van der Waals surface area (Å²) >= 11 is 0. The van der Waals surface area contributed by atoms with Gasteiger partial charge in [0.1, 0.15) is 17.1 Å². The number of hydrogen-bond donors (Lipinski definition) is 2. The maximum absolute atomic E-state index is 11.0. The topological polar surface area (TPSA) is 77.2 Å². The Morgan fingerprint density at radius 2 is 2.00 bits per heavy atom. The molecule has 2 rings (SSSR count). The highest BCUT2D eigenvalue weighted by Gasteiger charge is 2.18. The van der Waals surface area contributed by atoms with E-state index in [9.17, 15) is 4.79 Å². The number of nitrogens with zero attached hydrogens (tertiary/aromatic N) is 2. The van der Waals surface area contributed by atoms with Gasteiger partial charge in [-0.15, -0.1) is 0 Å². The number of carboxylic acid groups (broad SMARTS) is 1. The van der Waals surface area contributed by atoms with Gasteiger partial charge in [-0.3, -0.25) is 9.80 Å². The summed E-state index contributed by atoms with van der Waals surface area (Å²) in [6, 6.07) is 1.62. The van der Waals surface area contributed by atoms with Crippen LogP contribution in [-0.4, -0.2) is 65.3 Å². The van der Waals surface area contributed by atoms with E-state index < -0.39 is 5.97 Å². The van der Waals surface area contributed by atoms with Gasteiger partial charge in [-0.25, -0.2) is 4.79 Å². The number of aromatic carboxylic acids is 1. The molecule has 0 unspecified atom stereocenters. The van der Waals surface area contributed by atoms with Crippen LogP contribution in [0.25, 0.3) is 0 Å². The second kappa shape index (κ2) is 6.88. The summed E-state index contributed by atoms with van der Waals surface area (Å²) in [6.45, 7) is 7.02. The predicted molar refractivity (Wildman–Crippen MR) is 73.8 cm³/mol. The van der Waals surface area contributed by atoms with Crippen molar-refractivity contribution in [3.8, 4) is 0 Å². The Balaban J connectivity index is 1.93. The SMILES string of the molecule is Cc1oc(CN2CCCN(CCO)CC2)cc1C(=O)O. The fourth-order valence-corrected chi connectivity index (χ4v) is 2.60. The normalized spacial score (nSPS) is 18.1. The van der Waals surface area contributed by atoms with Crippen molar-refractivity contribution in [2.45, 2.75) is 19.9 Å². The van der Waals surface area contributed by atoms with Crippen LogP contribution in [0.15, 0.2) is 10.5 Å². The average Bonchev–Trinajstić information content (AvgIpc) is 2.62. The zero-order valence-electron chi connectivity index (χ0n) is 11.8. The monoisotopic (exact) mass is 282 g/mol. The van der Waals surface area contributed by atoms with Crippen LogP contribution >= 0.6 is 0 Å². The van der Waals surface area contributed by atoms with E-state index >= 15 is 0 Å². The lowest BCUT2D eigenvalue weighted by atomic mass is 10.2. The maximum atomic E-state index is 11.0. The van der Waals surface area contributed by atoms with Crippen molar-refractivity contribution in [2.24, 2.45) is 0 Å². The molecule has 2 N–H and O–H groups in total. The van der Waals surface area contributed by atoms with E-state index in [1.807, 2.05) is 0 Å². The van der Waals surface area contributed by atoms with E-state index in [-0.39, 0.29) is 12.2 Å². The molecule has 0 bridgehead atoms. The number of carbonyl (C=O) groups is 1. The molecule has 0 radical (unpaired) electrons. The first-order chi connectivity index (χ1) is 9.60. The first-order valence-corrected chi connectivity index (χ1v) is 6.98. The fraction of sp³-hybridized carbons (Fsp3) is 0.643. The van der Waals surface area contributed by atoms with Gasteiger partial charge in [0.2, 0.25) is 0 Å². The Morgan fingerprint density at radius 1 is 1.30 bits per heavy atom. The van der Waals surface area contributed by atoms with Gasteiger partial charge in [0.15, 0.2) is 0 Å². The quantitative estimate of drug-likeness (QED) is 0.831. The zero-order valence-corrected chi connectivity index (χ0v) is 11.8. The van der Waals surface area contributed by atoms with Crippen LogP contribution in [0.4, 0.5) is 0 Å². The van der Waals surface area contributed by atoms with E-state index in [1.54, 1.807) is 13.0 Å². The van der Waals surface area contributed by atoms with Gasteiger partial charge in [0.25, 0.3) is 0 Å². The zero-order chi connectivity index (χ0) is 14.5. The Bertz CT molecular complexity index is 458.